The smallest absolute Gasteiger partial charge is 0.258 e. The molecule has 0 bridgehead atoms. The Kier molecular flexibility index (Phi) is 5.16. The average Bonchev–Trinajstić information content (AvgIpc) is 3.13. The number of rotatable bonds is 5. The van der Waals surface area contributed by atoms with Crippen LogP contribution in [0.4, 0.5) is 11.6 Å². The van der Waals surface area contributed by atoms with Crippen LogP contribution in [0.2, 0.25) is 0 Å². The van der Waals surface area contributed by atoms with E-state index in [1.54, 1.807) is 4.57 Å². The van der Waals surface area contributed by atoms with Crippen molar-refractivity contribution in [1.29, 1.82) is 0 Å². The molecule has 3 aromatic heterocycles. The van der Waals surface area contributed by atoms with Gasteiger partial charge in [-0.15, -0.1) is 0 Å². The van der Waals surface area contributed by atoms with Gasteiger partial charge < -0.3 is 14.9 Å². The minimum atomic E-state index is -0.0226. The van der Waals surface area contributed by atoms with E-state index >= 15 is 0 Å². The number of imidazole rings is 1. The summed E-state index contributed by atoms with van der Waals surface area (Å²) in [6.45, 7) is 8.31. The zero-order valence-electron chi connectivity index (χ0n) is 18.1. The predicted octanol–water partition coefficient (Wildman–Crippen LogP) is 4.88. The van der Waals surface area contributed by atoms with Crippen LogP contribution in [0.3, 0.4) is 0 Å². The van der Waals surface area contributed by atoms with Crippen LogP contribution in [0.15, 0.2) is 47.5 Å². The Balaban J connectivity index is 1.74. The van der Waals surface area contributed by atoms with E-state index in [0.29, 0.717) is 17.4 Å². The molecule has 6 nitrogen and oxygen atoms in total. The molecule has 1 aromatic carbocycles. The van der Waals surface area contributed by atoms with Gasteiger partial charge in [0, 0.05) is 41.3 Å². The second-order valence-electron chi connectivity index (χ2n) is 8.32. The number of pyridine rings is 2. The molecular weight excluding hydrogens is 374 g/mol. The topological polar surface area (TPSA) is 75.6 Å². The lowest BCUT2D eigenvalue weighted by atomic mass is 9.99. The summed E-state index contributed by atoms with van der Waals surface area (Å²) in [5.74, 6) is 1.26. The van der Waals surface area contributed by atoms with Gasteiger partial charge in [0.05, 0.1) is 11.7 Å². The van der Waals surface area contributed by atoms with Crippen molar-refractivity contribution in [3.8, 4) is 11.1 Å². The first-order valence-electron chi connectivity index (χ1n) is 10.2. The van der Waals surface area contributed by atoms with E-state index in [-0.39, 0.29) is 5.56 Å². The first-order valence-corrected chi connectivity index (χ1v) is 10.2. The lowest BCUT2D eigenvalue weighted by molar-refractivity contribution is 0.638. The van der Waals surface area contributed by atoms with Crippen LogP contribution in [0, 0.1) is 19.8 Å². The maximum absolute atomic E-state index is 13.1. The average molecular weight is 402 g/mol. The van der Waals surface area contributed by atoms with E-state index in [9.17, 15) is 4.79 Å². The molecule has 0 saturated heterocycles. The van der Waals surface area contributed by atoms with E-state index in [0.717, 1.165) is 45.5 Å². The van der Waals surface area contributed by atoms with Crippen LogP contribution >= 0.6 is 0 Å². The van der Waals surface area contributed by atoms with Gasteiger partial charge in [0.2, 0.25) is 5.95 Å². The van der Waals surface area contributed by atoms with Crippen molar-refractivity contribution in [2.24, 2.45) is 13.0 Å². The minimum Gasteiger partial charge on any atom is -0.328 e. The Morgan fingerprint density at radius 1 is 1.07 bits per heavy atom. The molecule has 0 radical (unpaired) electrons. The zero-order chi connectivity index (χ0) is 21.4. The molecule has 4 rings (SSSR count). The molecule has 154 valence electrons. The van der Waals surface area contributed by atoms with Crippen LogP contribution < -0.4 is 10.9 Å². The highest BCUT2D eigenvalue weighted by Gasteiger charge is 2.13. The molecule has 0 unspecified atom stereocenters. The second-order valence-corrected chi connectivity index (χ2v) is 8.32. The highest BCUT2D eigenvalue weighted by molar-refractivity contribution is 5.85. The van der Waals surface area contributed by atoms with Crippen molar-refractivity contribution < 1.29 is 0 Å². The van der Waals surface area contributed by atoms with Gasteiger partial charge in [0.15, 0.2) is 0 Å². The molecule has 30 heavy (non-hydrogen) atoms. The number of hydrogen-bond acceptors (Lipinski definition) is 4. The monoisotopic (exact) mass is 401 g/mol. The summed E-state index contributed by atoms with van der Waals surface area (Å²) in [4.78, 5) is 25.3. The Hall–Kier alpha value is -3.41. The third-order valence-electron chi connectivity index (χ3n) is 5.29. The van der Waals surface area contributed by atoms with Crippen molar-refractivity contribution in [1.82, 2.24) is 19.5 Å². The van der Waals surface area contributed by atoms with Crippen molar-refractivity contribution in [3.63, 3.8) is 0 Å². The van der Waals surface area contributed by atoms with Crippen molar-refractivity contribution >= 4 is 22.5 Å². The summed E-state index contributed by atoms with van der Waals surface area (Å²) in [5.41, 5.74) is 6.34. The molecule has 3 heterocycles. The fourth-order valence-electron chi connectivity index (χ4n) is 3.75. The zero-order valence-corrected chi connectivity index (χ0v) is 18.1. The number of benzene rings is 1. The maximum Gasteiger partial charge on any atom is 0.258 e. The normalized spacial score (nSPS) is 11.4. The summed E-state index contributed by atoms with van der Waals surface area (Å²) >= 11 is 0. The molecule has 6 heteroatoms. The maximum atomic E-state index is 13.1. The van der Waals surface area contributed by atoms with E-state index in [4.69, 9.17) is 0 Å². The fourth-order valence-corrected chi connectivity index (χ4v) is 3.75. The number of aryl methyl sites for hydroxylation is 3. The SMILES string of the molecule is Cc1cc2c(cn1)cc(-c1cc(Nc3ncc(CC(C)C)[nH]3)ccc1C)c(=O)n2C. The van der Waals surface area contributed by atoms with E-state index in [2.05, 4.69) is 34.1 Å². The lowest BCUT2D eigenvalue weighted by Gasteiger charge is -2.13. The van der Waals surface area contributed by atoms with Gasteiger partial charge in [-0.2, -0.15) is 0 Å². The molecule has 0 aliphatic rings. The lowest BCUT2D eigenvalue weighted by Crippen LogP contribution is -2.19. The first kappa shape index (κ1) is 19.9. The predicted molar refractivity (Wildman–Crippen MR) is 122 cm³/mol. The van der Waals surface area contributed by atoms with Gasteiger partial charge in [-0.1, -0.05) is 19.9 Å². The number of nitrogens with one attached hydrogen (secondary N) is 2. The number of hydrogen-bond donors (Lipinski definition) is 2. The highest BCUT2D eigenvalue weighted by Crippen LogP contribution is 2.28. The Morgan fingerprint density at radius 3 is 2.63 bits per heavy atom. The van der Waals surface area contributed by atoms with Gasteiger partial charge in [-0.25, -0.2) is 4.98 Å². The molecule has 0 saturated carbocycles. The van der Waals surface area contributed by atoms with Crippen LogP contribution in [-0.4, -0.2) is 19.5 Å². The van der Waals surface area contributed by atoms with Crippen LogP contribution in [0.1, 0.15) is 30.8 Å². The van der Waals surface area contributed by atoms with Crippen LogP contribution in [0.25, 0.3) is 22.0 Å². The van der Waals surface area contributed by atoms with Crippen molar-refractivity contribution in [2.75, 3.05) is 5.32 Å². The summed E-state index contributed by atoms with van der Waals surface area (Å²) < 4.78 is 1.70. The fraction of sp³-hybridized carbons (Fsp3) is 0.292. The number of aromatic amines is 1. The Labute approximate surface area is 176 Å². The Morgan fingerprint density at radius 2 is 1.87 bits per heavy atom. The number of H-pyrrole nitrogens is 1. The number of anilines is 2. The molecule has 0 fully saturated rings. The van der Waals surface area contributed by atoms with Gasteiger partial charge in [-0.3, -0.25) is 9.78 Å². The number of aromatic nitrogens is 4. The highest BCUT2D eigenvalue weighted by atomic mass is 16.1. The van der Waals surface area contributed by atoms with Crippen LogP contribution in [0.5, 0.6) is 0 Å². The quantitative estimate of drug-likeness (QED) is 0.500. The minimum absolute atomic E-state index is 0.0226. The standard InChI is InChI=1S/C24H27N5O/c1-14(2)8-19-13-26-24(28-19)27-18-7-6-15(3)20(11-18)21-10-17-12-25-16(4)9-22(17)29(5)23(21)30/h6-7,9-14H,8H2,1-5H3,(H2,26,27,28). The largest absolute Gasteiger partial charge is 0.328 e. The molecule has 0 aliphatic carbocycles. The summed E-state index contributed by atoms with van der Waals surface area (Å²) in [6.07, 6.45) is 4.64. The molecule has 0 amide bonds. The summed E-state index contributed by atoms with van der Waals surface area (Å²) in [7, 11) is 1.81. The second kappa shape index (κ2) is 7.78. The molecule has 4 aromatic rings. The van der Waals surface area contributed by atoms with Gasteiger partial charge in [0.1, 0.15) is 0 Å². The molecule has 0 spiro atoms. The number of nitrogens with zero attached hydrogens (tertiary/aromatic N) is 3. The molecular formula is C24H27N5O. The number of fused-ring (bicyclic) bond motifs is 1. The third-order valence-corrected chi connectivity index (χ3v) is 5.29. The van der Waals surface area contributed by atoms with Gasteiger partial charge in [-0.05, 0) is 61.6 Å². The third kappa shape index (κ3) is 3.85. The van der Waals surface area contributed by atoms with E-state index < -0.39 is 0 Å². The van der Waals surface area contributed by atoms with Crippen molar-refractivity contribution in [2.45, 2.75) is 34.1 Å². The van der Waals surface area contributed by atoms with E-state index in [1.807, 2.05) is 63.6 Å². The summed E-state index contributed by atoms with van der Waals surface area (Å²) in [6, 6.07) is 9.90. The molecule has 2 N–H and O–H groups in total. The van der Waals surface area contributed by atoms with E-state index in [1.165, 1.54) is 0 Å². The van der Waals surface area contributed by atoms with Gasteiger partial charge >= 0.3 is 0 Å². The van der Waals surface area contributed by atoms with Crippen LogP contribution in [-0.2, 0) is 13.5 Å². The van der Waals surface area contributed by atoms with Gasteiger partial charge in [0.25, 0.3) is 5.56 Å². The van der Waals surface area contributed by atoms with Crippen molar-refractivity contribution in [3.05, 3.63) is 70.0 Å². The summed E-state index contributed by atoms with van der Waals surface area (Å²) in [5, 5.41) is 4.27. The Bertz CT molecular complexity index is 1280. The first-order chi connectivity index (χ1) is 14.3. The molecule has 0 aliphatic heterocycles. The molecule has 0 atom stereocenters.